The summed E-state index contributed by atoms with van der Waals surface area (Å²) in [7, 11) is 3.00. The van der Waals surface area contributed by atoms with E-state index < -0.39 is 11.9 Å². The second-order valence-corrected chi connectivity index (χ2v) is 6.61. The fourth-order valence-corrected chi connectivity index (χ4v) is 3.34. The third kappa shape index (κ3) is 4.19. The predicted molar refractivity (Wildman–Crippen MR) is 107 cm³/mol. The highest BCUT2D eigenvalue weighted by Gasteiger charge is 2.18. The van der Waals surface area contributed by atoms with Gasteiger partial charge in [-0.25, -0.2) is 4.79 Å². The van der Waals surface area contributed by atoms with Crippen molar-refractivity contribution in [1.82, 2.24) is 0 Å². The van der Waals surface area contributed by atoms with Gasteiger partial charge < -0.3 is 24.8 Å². The van der Waals surface area contributed by atoms with E-state index in [2.05, 4.69) is 10.2 Å². The summed E-state index contributed by atoms with van der Waals surface area (Å²) < 4.78 is 10.4. The molecule has 1 saturated heterocycles. The monoisotopic (exact) mass is 384 g/mol. The quantitative estimate of drug-likeness (QED) is 0.790. The Morgan fingerprint density at radius 1 is 0.964 bits per heavy atom. The highest BCUT2D eigenvalue weighted by molar-refractivity contribution is 6.08. The van der Waals surface area contributed by atoms with E-state index in [-0.39, 0.29) is 11.3 Å². The third-order valence-electron chi connectivity index (χ3n) is 4.85. The number of nitrogens with zero attached hydrogens (tertiary/aromatic N) is 1. The van der Waals surface area contributed by atoms with E-state index in [9.17, 15) is 14.7 Å². The molecule has 148 valence electrons. The van der Waals surface area contributed by atoms with Crippen LogP contribution in [0.15, 0.2) is 36.4 Å². The molecule has 2 aromatic carbocycles. The lowest BCUT2D eigenvalue weighted by Gasteiger charge is -2.29. The van der Waals surface area contributed by atoms with Crippen molar-refractivity contribution in [3.05, 3.63) is 47.5 Å². The Labute approximate surface area is 163 Å². The molecule has 1 fully saturated rings. The lowest BCUT2D eigenvalue weighted by atomic mass is 10.1. The molecule has 2 N–H and O–H groups in total. The number of carbonyl (C=O) groups excluding carboxylic acids is 1. The minimum absolute atomic E-state index is 0.0666. The summed E-state index contributed by atoms with van der Waals surface area (Å²) in [5.41, 5.74) is 1.53. The van der Waals surface area contributed by atoms with Gasteiger partial charge in [-0.2, -0.15) is 0 Å². The van der Waals surface area contributed by atoms with E-state index in [1.54, 1.807) is 30.3 Å². The molecule has 1 aliphatic rings. The molecule has 0 aliphatic carbocycles. The first-order chi connectivity index (χ1) is 13.5. The first kappa shape index (κ1) is 19.5. The Morgan fingerprint density at radius 3 is 2.32 bits per heavy atom. The fraction of sp³-hybridized carbons (Fsp3) is 0.333. The molecule has 7 nitrogen and oxygen atoms in total. The largest absolute Gasteiger partial charge is 0.493 e. The second-order valence-electron chi connectivity index (χ2n) is 6.61. The molecule has 1 amide bonds. The standard InChI is InChI=1S/C21H24N2O5/c1-27-18-9-6-14(12-19(18)28-2)20(24)22-17-8-7-15(13-16(17)21(25)26)23-10-4-3-5-11-23/h6-9,12-13H,3-5,10-11H2,1-2H3,(H,22,24)(H,25,26). The zero-order valence-corrected chi connectivity index (χ0v) is 16.0. The maximum Gasteiger partial charge on any atom is 0.337 e. The van der Waals surface area contributed by atoms with E-state index >= 15 is 0 Å². The molecule has 0 atom stereocenters. The molecule has 1 aliphatic heterocycles. The first-order valence-electron chi connectivity index (χ1n) is 9.19. The van der Waals surface area contributed by atoms with Crippen molar-refractivity contribution >= 4 is 23.3 Å². The van der Waals surface area contributed by atoms with Gasteiger partial charge in [0.25, 0.3) is 5.91 Å². The molecule has 28 heavy (non-hydrogen) atoms. The molecular weight excluding hydrogens is 360 g/mol. The molecule has 3 rings (SSSR count). The maximum atomic E-state index is 12.6. The van der Waals surface area contributed by atoms with Crippen LogP contribution in [0.5, 0.6) is 11.5 Å². The van der Waals surface area contributed by atoms with Crippen molar-refractivity contribution in [2.24, 2.45) is 0 Å². The summed E-state index contributed by atoms with van der Waals surface area (Å²) in [5, 5.41) is 12.3. The Bertz CT molecular complexity index is 875. The van der Waals surface area contributed by atoms with E-state index in [1.165, 1.54) is 20.6 Å². The zero-order valence-electron chi connectivity index (χ0n) is 16.0. The van der Waals surface area contributed by atoms with Crippen molar-refractivity contribution in [2.75, 3.05) is 37.5 Å². The number of nitrogens with one attached hydrogen (secondary N) is 1. The van der Waals surface area contributed by atoms with Gasteiger partial charge in [-0.1, -0.05) is 0 Å². The normalized spacial score (nSPS) is 13.7. The van der Waals surface area contributed by atoms with Crippen molar-refractivity contribution in [3.63, 3.8) is 0 Å². The topological polar surface area (TPSA) is 88.1 Å². The summed E-state index contributed by atoms with van der Waals surface area (Å²) in [6.07, 6.45) is 3.39. The van der Waals surface area contributed by atoms with Gasteiger partial charge in [-0.05, 0) is 55.7 Å². The Balaban J connectivity index is 1.84. The zero-order chi connectivity index (χ0) is 20.1. The first-order valence-corrected chi connectivity index (χ1v) is 9.19. The number of carboxylic acid groups (broad SMARTS) is 1. The van der Waals surface area contributed by atoms with E-state index in [0.717, 1.165) is 31.6 Å². The van der Waals surface area contributed by atoms with Crippen LogP contribution in [0.1, 0.15) is 40.0 Å². The van der Waals surface area contributed by atoms with Gasteiger partial charge in [0.15, 0.2) is 11.5 Å². The molecule has 0 bridgehead atoms. The number of ether oxygens (including phenoxy) is 2. The minimum atomic E-state index is -1.08. The van der Waals surface area contributed by atoms with Crippen molar-refractivity contribution in [3.8, 4) is 11.5 Å². The second kappa shape index (κ2) is 8.65. The minimum Gasteiger partial charge on any atom is -0.493 e. The highest BCUT2D eigenvalue weighted by Crippen LogP contribution is 2.29. The van der Waals surface area contributed by atoms with Crippen LogP contribution in [0.3, 0.4) is 0 Å². The summed E-state index contributed by atoms with van der Waals surface area (Å²) >= 11 is 0. The van der Waals surface area contributed by atoms with Crippen molar-refractivity contribution in [2.45, 2.75) is 19.3 Å². The third-order valence-corrected chi connectivity index (χ3v) is 4.85. The van der Waals surface area contributed by atoms with Crippen LogP contribution in [0, 0.1) is 0 Å². The number of piperidine rings is 1. The molecule has 2 aromatic rings. The molecule has 0 saturated carbocycles. The number of anilines is 2. The molecule has 0 spiro atoms. The van der Waals surface area contributed by atoms with E-state index in [4.69, 9.17) is 9.47 Å². The number of amides is 1. The van der Waals surface area contributed by atoms with Gasteiger partial charge in [-0.3, -0.25) is 4.79 Å². The van der Waals surface area contributed by atoms with Crippen molar-refractivity contribution < 1.29 is 24.2 Å². The average molecular weight is 384 g/mol. The van der Waals surface area contributed by atoms with Crippen LogP contribution in [-0.4, -0.2) is 44.3 Å². The summed E-state index contributed by atoms with van der Waals surface area (Å²) in [5.74, 6) is -0.569. The Hall–Kier alpha value is -3.22. The van der Waals surface area contributed by atoms with Gasteiger partial charge in [0.2, 0.25) is 0 Å². The summed E-state index contributed by atoms with van der Waals surface area (Å²) in [4.78, 5) is 26.6. The van der Waals surface area contributed by atoms with Crippen LogP contribution in [0.4, 0.5) is 11.4 Å². The number of rotatable bonds is 6. The lowest BCUT2D eigenvalue weighted by Crippen LogP contribution is -2.29. The maximum absolute atomic E-state index is 12.6. The molecule has 0 unspecified atom stereocenters. The number of carboxylic acids is 1. The number of hydrogen-bond acceptors (Lipinski definition) is 5. The number of benzene rings is 2. The summed E-state index contributed by atoms with van der Waals surface area (Å²) in [6.45, 7) is 1.83. The van der Waals surface area contributed by atoms with Gasteiger partial charge in [0.05, 0.1) is 25.5 Å². The van der Waals surface area contributed by atoms with Gasteiger partial charge in [-0.15, -0.1) is 0 Å². The number of hydrogen-bond donors (Lipinski definition) is 2. The van der Waals surface area contributed by atoms with E-state index in [0.29, 0.717) is 17.1 Å². The number of aromatic carboxylic acids is 1. The molecule has 1 heterocycles. The lowest BCUT2D eigenvalue weighted by molar-refractivity contribution is 0.0698. The van der Waals surface area contributed by atoms with Gasteiger partial charge >= 0.3 is 5.97 Å². The molecule has 7 heteroatoms. The van der Waals surface area contributed by atoms with Gasteiger partial charge in [0, 0.05) is 24.3 Å². The van der Waals surface area contributed by atoms with Crippen LogP contribution in [-0.2, 0) is 0 Å². The molecule has 0 radical (unpaired) electrons. The number of methoxy groups -OCH3 is 2. The number of carbonyl (C=O) groups is 2. The fourth-order valence-electron chi connectivity index (χ4n) is 3.34. The molecular formula is C21H24N2O5. The average Bonchev–Trinajstić information content (AvgIpc) is 2.73. The van der Waals surface area contributed by atoms with Crippen LogP contribution < -0.4 is 19.7 Å². The van der Waals surface area contributed by atoms with Crippen LogP contribution in [0.25, 0.3) is 0 Å². The predicted octanol–water partition coefficient (Wildman–Crippen LogP) is 3.64. The molecule has 0 aromatic heterocycles. The van der Waals surface area contributed by atoms with Crippen molar-refractivity contribution in [1.29, 1.82) is 0 Å². The highest BCUT2D eigenvalue weighted by atomic mass is 16.5. The summed E-state index contributed by atoms with van der Waals surface area (Å²) in [6, 6.07) is 9.90. The van der Waals surface area contributed by atoms with Crippen LogP contribution in [0.2, 0.25) is 0 Å². The Kier molecular flexibility index (Phi) is 6.03. The Morgan fingerprint density at radius 2 is 1.68 bits per heavy atom. The van der Waals surface area contributed by atoms with Crippen LogP contribution >= 0.6 is 0 Å². The van der Waals surface area contributed by atoms with E-state index in [1.807, 2.05) is 6.07 Å². The van der Waals surface area contributed by atoms with Gasteiger partial charge in [0.1, 0.15) is 0 Å². The SMILES string of the molecule is COc1ccc(C(=O)Nc2ccc(N3CCCCC3)cc2C(=O)O)cc1OC. The smallest absolute Gasteiger partial charge is 0.337 e.